The Morgan fingerprint density at radius 3 is 2.78 bits per heavy atom. The molecule has 1 aromatic rings. The van der Waals surface area contributed by atoms with E-state index in [4.69, 9.17) is 5.73 Å². The minimum absolute atomic E-state index is 0.117. The zero-order valence-corrected chi connectivity index (χ0v) is 12.0. The minimum Gasteiger partial charge on any atom is -0.383 e. The van der Waals surface area contributed by atoms with Crippen molar-refractivity contribution in [3.8, 4) is 0 Å². The van der Waals surface area contributed by atoms with E-state index < -0.39 is 15.9 Å². The zero-order chi connectivity index (χ0) is 13.8. The summed E-state index contributed by atoms with van der Waals surface area (Å²) < 4.78 is 24.5. The molecule has 0 unspecified atom stereocenters. The van der Waals surface area contributed by atoms with Crippen LogP contribution in [0.15, 0.2) is 16.7 Å². The lowest BCUT2D eigenvalue weighted by molar-refractivity contribution is 0.0955. The van der Waals surface area contributed by atoms with Crippen molar-refractivity contribution in [3.63, 3.8) is 0 Å². The average molecular weight is 337 g/mol. The highest BCUT2D eigenvalue weighted by Crippen LogP contribution is 2.15. The lowest BCUT2D eigenvalue weighted by Gasteiger charge is -2.07. The maximum absolute atomic E-state index is 11.7. The molecule has 100 valence electrons. The summed E-state index contributed by atoms with van der Waals surface area (Å²) in [7, 11) is -3.25. The van der Waals surface area contributed by atoms with E-state index in [1.54, 1.807) is 6.07 Å². The number of aromatic nitrogens is 1. The van der Waals surface area contributed by atoms with Crippen LogP contribution in [0.5, 0.6) is 0 Å². The van der Waals surface area contributed by atoms with Crippen molar-refractivity contribution in [2.75, 3.05) is 25.1 Å². The first-order chi connectivity index (χ1) is 8.29. The molecule has 0 aliphatic carbocycles. The number of nitrogens with zero attached hydrogens (tertiary/aromatic N) is 1. The van der Waals surface area contributed by atoms with Gasteiger partial charge in [0.15, 0.2) is 0 Å². The first-order valence-corrected chi connectivity index (χ1v) is 7.62. The second kappa shape index (κ2) is 6.12. The summed E-state index contributed by atoms with van der Waals surface area (Å²) in [5.74, 6) is -0.289. The predicted octanol–water partition coefficient (Wildman–Crippen LogP) is -0.295. The summed E-state index contributed by atoms with van der Waals surface area (Å²) in [5.41, 5.74) is 5.80. The summed E-state index contributed by atoms with van der Waals surface area (Å²) in [4.78, 5) is 15.5. The molecule has 4 N–H and O–H groups in total. The highest BCUT2D eigenvalue weighted by molar-refractivity contribution is 9.10. The molecule has 0 fully saturated rings. The van der Waals surface area contributed by atoms with Gasteiger partial charge >= 0.3 is 0 Å². The number of nitrogen functional groups attached to an aromatic ring is 1. The molecule has 0 saturated heterocycles. The number of hydrogen-bond acceptors (Lipinski definition) is 5. The van der Waals surface area contributed by atoms with Gasteiger partial charge in [0.05, 0.1) is 11.8 Å². The highest BCUT2D eigenvalue weighted by Gasteiger charge is 2.10. The molecule has 0 spiro atoms. The van der Waals surface area contributed by atoms with Crippen LogP contribution in [0, 0.1) is 0 Å². The molecular formula is C9H13BrN4O3S. The van der Waals surface area contributed by atoms with Crippen LogP contribution < -0.4 is 15.8 Å². The third-order valence-corrected chi connectivity index (χ3v) is 3.07. The fraction of sp³-hybridized carbons (Fsp3) is 0.333. The third-order valence-electron chi connectivity index (χ3n) is 1.90. The van der Waals surface area contributed by atoms with Crippen molar-refractivity contribution >= 4 is 37.7 Å². The normalized spacial score (nSPS) is 11.2. The van der Waals surface area contributed by atoms with Crippen LogP contribution in [0.1, 0.15) is 10.4 Å². The summed E-state index contributed by atoms with van der Waals surface area (Å²) in [6, 6.07) is 1.54. The van der Waals surface area contributed by atoms with Crippen molar-refractivity contribution in [2.24, 2.45) is 0 Å². The number of pyridine rings is 1. The SMILES string of the molecule is CS(=O)(=O)NCCNC(=O)c1cc(Br)cnc1N. The quantitative estimate of drug-likeness (QED) is 0.639. The maximum Gasteiger partial charge on any atom is 0.255 e. The van der Waals surface area contributed by atoms with E-state index in [0.29, 0.717) is 4.47 Å². The van der Waals surface area contributed by atoms with Gasteiger partial charge < -0.3 is 11.1 Å². The molecule has 0 aromatic carbocycles. The number of carbonyl (C=O) groups excluding carboxylic acids is 1. The van der Waals surface area contributed by atoms with Crippen LogP contribution in [-0.4, -0.2) is 38.7 Å². The van der Waals surface area contributed by atoms with E-state index in [-0.39, 0.29) is 24.5 Å². The van der Waals surface area contributed by atoms with E-state index in [2.05, 4.69) is 31.0 Å². The number of hydrogen-bond donors (Lipinski definition) is 3. The third kappa shape index (κ3) is 4.98. The first kappa shape index (κ1) is 14.9. The first-order valence-electron chi connectivity index (χ1n) is 4.93. The lowest BCUT2D eigenvalue weighted by atomic mass is 10.2. The van der Waals surface area contributed by atoms with Gasteiger partial charge in [0.25, 0.3) is 5.91 Å². The Morgan fingerprint density at radius 1 is 1.50 bits per heavy atom. The van der Waals surface area contributed by atoms with Gasteiger partial charge in [0.2, 0.25) is 10.0 Å². The van der Waals surface area contributed by atoms with Crippen LogP contribution in [0.3, 0.4) is 0 Å². The number of sulfonamides is 1. The number of rotatable bonds is 5. The predicted molar refractivity (Wildman–Crippen MR) is 71.5 cm³/mol. The van der Waals surface area contributed by atoms with E-state index in [1.165, 1.54) is 6.20 Å². The van der Waals surface area contributed by atoms with E-state index in [1.807, 2.05) is 0 Å². The number of nitrogens with two attached hydrogens (primary N) is 1. The van der Waals surface area contributed by atoms with E-state index >= 15 is 0 Å². The van der Waals surface area contributed by atoms with Crippen LogP contribution >= 0.6 is 15.9 Å². The van der Waals surface area contributed by atoms with E-state index in [9.17, 15) is 13.2 Å². The van der Waals surface area contributed by atoms with Gasteiger partial charge in [-0.3, -0.25) is 4.79 Å². The molecule has 7 nitrogen and oxygen atoms in total. The number of halogens is 1. The van der Waals surface area contributed by atoms with Gasteiger partial charge in [0.1, 0.15) is 5.82 Å². The molecule has 18 heavy (non-hydrogen) atoms. The van der Waals surface area contributed by atoms with Crippen molar-refractivity contribution < 1.29 is 13.2 Å². The summed E-state index contributed by atoms with van der Waals surface area (Å²) in [5, 5.41) is 2.53. The molecule has 0 bridgehead atoms. The number of amides is 1. The summed E-state index contributed by atoms with van der Waals surface area (Å²) in [6.07, 6.45) is 2.53. The van der Waals surface area contributed by atoms with Crippen molar-refractivity contribution in [2.45, 2.75) is 0 Å². The molecule has 1 rings (SSSR count). The highest BCUT2D eigenvalue weighted by atomic mass is 79.9. The molecule has 1 amide bonds. The molecule has 0 saturated carbocycles. The van der Waals surface area contributed by atoms with Gasteiger partial charge in [-0.2, -0.15) is 0 Å². The van der Waals surface area contributed by atoms with Gasteiger partial charge in [-0.25, -0.2) is 18.1 Å². The van der Waals surface area contributed by atoms with Crippen molar-refractivity contribution in [1.82, 2.24) is 15.0 Å². The average Bonchev–Trinajstić information content (AvgIpc) is 2.26. The largest absolute Gasteiger partial charge is 0.383 e. The van der Waals surface area contributed by atoms with Crippen molar-refractivity contribution in [1.29, 1.82) is 0 Å². The standard InChI is InChI=1S/C9H13BrN4O3S/c1-18(16,17)14-3-2-12-9(15)7-4-6(10)5-13-8(7)11/h4-5,14H,2-3H2,1H3,(H2,11,13)(H,12,15). The van der Waals surface area contributed by atoms with Gasteiger partial charge in [-0.15, -0.1) is 0 Å². The molecule has 1 heterocycles. The molecule has 1 aromatic heterocycles. The number of carbonyl (C=O) groups is 1. The topological polar surface area (TPSA) is 114 Å². The smallest absolute Gasteiger partial charge is 0.255 e. The van der Waals surface area contributed by atoms with Gasteiger partial charge in [0, 0.05) is 23.8 Å². The Kier molecular flexibility index (Phi) is 5.05. The van der Waals surface area contributed by atoms with Gasteiger partial charge in [-0.05, 0) is 22.0 Å². The molecule has 0 aliphatic heterocycles. The lowest BCUT2D eigenvalue weighted by Crippen LogP contribution is -2.34. The van der Waals surface area contributed by atoms with E-state index in [0.717, 1.165) is 6.26 Å². The maximum atomic E-state index is 11.7. The van der Waals surface area contributed by atoms with Crippen LogP contribution in [0.4, 0.5) is 5.82 Å². The second-order valence-electron chi connectivity index (χ2n) is 3.51. The fourth-order valence-electron chi connectivity index (χ4n) is 1.14. The van der Waals surface area contributed by atoms with Crippen molar-refractivity contribution in [3.05, 3.63) is 22.3 Å². The molecule has 0 aliphatic rings. The fourth-order valence-corrected chi connectivity index (χ4v) is 1.94. The summed E-state index contributed by atoms with van der Waals surface area (Å²) >= 11 is 3.18. The number of anilines is 1. The molecule has 0 atom stereocenters. The number of nitrogens with one attached hydrogen (secondary N) is 2. The molecule has 9 heteroatoms. The zero-order valence-electron chi connectivity index (χ0n) is 9.60. The Hall–Kier alpha value is -1.19. The van der Waals surface area contributed by atoms with Crippen LogP contribution in [0.2, 0.25) is 0 Å². The Morgan fingerprint density at radius 2 is 2.17 bits per heavy atom. The van der Waals surface area contributed by atoms with Crippen LogP contribution in [-0.2, 0) is 10.0 Å². The Balaban J connectivity index is 2.53. The summed E-state index contributed by atoms with van der Waals surface area (Å²) in [6.45, 7) is 0.282. The molecule has 0 radical (unpaired) electrons. The second-order valence-corrected chi connectivity index (χ2v) is 6.26. The monoisotopic (exact) mass is 336 g/mol. The molecular weight excluding hydrogens is 324 g/mol. The minimum atomic E-state index is -3.25. The van der Waals surface area contributed by atoms with Crippen LogP contribution in [0.25, 0.3) is 0 Å². The Bertz CT molecular complexity index is 547. The Labute approximate surface area is 113 Å². The van der Waals surface area contributed by atoms with Gasteiger partial charge in [-0.1, -0.05) is 0 Å².